The first-order valence-electron chi connectivity index (χ1n) is 10.6. The standard InChI is InChI=1S/C24H31N3O4/c1-6-31-24(29)20-16(2)25-18-12-15-27(14-9-13-26(3)4)23(28)22(18)21(20)17-10-7-8-11-19(17)30-5/h7-8,10-12,15,20-21H,6,9,13-14H2,1-5H3. The van der Waals surface area contributed by atoms with Crippen molar-refractivity contribution in [3.05, 3.63) is 58.0 Å². The molecule has 7 nitrogen and oxygen atoms in total. The van der Waals surface area contributed by atoms with Crippen molar-refractivity contribution in [1.29, 1.82) is 0 Å². The van der Waals surface area contributed by atoms with Gasteiger partial charge in [-0.05, 0) is 53.0 Å². The monoisotopic (exact) mass is 425 g/mol. The summed E-state index contributed by atoms with van der Waals surface area (Å²) in [5, 5.41) is 0. The van der Waals surface area contributed by atoms with Crippen LogP contribution in [0.4, 0.5) is 5.69 Å². The lowest BCUT2D eigenvalue weighted by Crippen LogP contribution is -2.38. The molecule has 0 spiro atoms. The Morgan fingerprint density at radius 3 is 2.65 bits per heavy atom. The summed E-state index contributed by atoms with van der Waals surface area (Å²) in [4.78, 5) is 33.3. The molecule has 1 aliphatic heterocycles. The van der Waals surface area contributed by atoms with Gasteiger partial charge in [0.15, 0.2) is 0 Å². The van der Waals surface area contributed by atoms with E-state index in [2.05, 4.69) is 9.89 Å². The first-order chi connectivity index (χ1) is 14.9. The molecule has 31 heavy (non-hydrogen) atoms. The number of nitrogens with zero attached hydrogens (tertiary/aromatic N) is 3. The fraction of sp³-hybridized carbons (Fsp3) is 0.458. The molecule has 1 aromatic carbocycles. The summed E-state index contributed by atoms with van der Waals surface area (Å²) in [6.45, 7) is 5.32. The van der Waals surface area contributed by atoms with E-state index in [1.54, 1.807) is 24.8 Å². The molecule has 0 N–H and O–H groups in total. The lowest BCUT2D eigenvalue weighted by molar-refractivity contribution is -0.146. The Labute approximate surface area is 183 Å². The van der Waals surface area contributed by atoms with E-state index in [0.717, 1.165) is 18.5 Å². The number of aryl methyl sites for hydroxylation is 1. The van der Waals surface area contributed by atoms with Crippen molar-refractivity contribution in [3.63, 3.8) is 0 Å². The average molecular weight is 426 g/mol. The number of aliphatic imine (C=N–C) groups is 1. The minimum Gasteiger partial charge on any atom is -0.496 e. The average Bonchev–Trinajstić information content (AvgIpc) is 2.74. The third kappa shape index (κ3) is 4.71. The molecule has 0 amide bonds. The topological polar surface area (TPSA) is 73.1 Å². The van der Waals surface area contributed by atoms with Crippen LogP contribution in [0.5, 0.6) is 5.75 Å². The molecule has 166 valence electrons. The number of methoxy groups -OCH3 is 1. The molecule has 1 aliphatic rings. The van der Waals surface area contributed by atoms with E-state index < -0.39 is 11.8 Å². The van der Waals surface area contributed by atoms with Gasteiger partial charge in [-0.25, -0.2) is 0 Å². The SMILES string of the molecule is CCOC(=O)C1C(C)=Nc2ccn(CCCN(C)C)c(=O)c2C1c1ccccc1OC. The maximum absolute atomic E-state index is 13.6. The number of rotatable bonds is 8. The number of carbonyl (C=O) groups excluding carboxylic acids is 1. The van der Waals surface area contributed by atoms with Crippen LogP contribution in [0.25, 0.3) is 0 Å². The molecule has 7 heteroatoms. The van der Waals surface area contributed by atoms with Gasteiger partial charge in [0.05, 0.1) is 25.0 Å². The van der Waals surface area contributed by atoms with Crippen LogP contribution in [-0.4, -0.2) is 55.5 Å². The zero-order valence-electron chi connectivity index (χ0n) is 18.9. The quantitative estimate of drug-likeness (QED) is 0.607. The van der Waals surface area contributed by atoms with Crippen molar-refractivity contribution in [1.82, 2.24) is 9.47 Å². The van der Waals surface area contributed by atoms with Crippen LogP contribution >= 0.6 is 0 Å². The van der Waals surface area contributed by atoms with Gasteiger partial charge in [0.25, 0.3) is 5.56 Å². The Hall–Kier alpha value is -2.93. The van der Waals surface area contributed by atoms with Crippen molar-refractivity contribution in [2.45, 2.75) is 32.7 Å². The van der Waals surface area contributed by atoms with E-state index in [4.69, 9.17) is 9.47 Å². The van der Waals surface area contributed by atoms with Crippen LogP contribution in [0.3, 0.4) is 0 Å². The molecule has 2 atom stereocenters. The molecule has 0 saturated carbocycles. The van der Waals surface area contributed by atoms with Gasteiger partial charge in [-0.15, -0.1) is 0 Å². The number of carbonyl (C=O) groups is 1. The van der Waals surface area contributed by atoms with E-state index in [1.165, 1.54) is 0 Å². The Morgan fingerprint density at radius 1 is 1.23 bits per heavy atom. The second-order valence-electron chi connectivity index (χ2n) is 7.97. The smallest absolute Gasteiger partial charge is 0.315 e. The minimum absolute atomic E-state index is 0.127. The van der Waals surface area contributed by atoms with Gasteiger partial charge in [-0.3, -0.25) is 14.6 Å². The summed E-state index contributed by atoms with van der Waals surface area (Å²) in [5.41, 5.74) is 2.40. The lowest BCUT2D eigenvalue weighted by atomic mass is 9.76. The number of benzene rings is 1. The predicted octanol–water partition coefficient (Wildman–Crippen LogP) is 3.23. The normalized spacial score (nSPS) is 17.8. The lowest BCUT2D eigenvalue weighted by Gasteiger charge is -2.31. The second kappa shape index (κ2) is 9.92. The maximum atomic E-state index is 13.6. The van der Waals surface area contributed by atoms with Crippen molar-refractivity contribution < 1.29 is 14.3 Å². The van der Waals surface area contributed by atoms with Crippen LogP contribution in [0.2, 0.25) is 0 Å². The van der Waals surface area contributed by atoms with Crippen LogP contribution in [0, 0.1) is 5.92 Å². The van der Waals surface area contributed by atoms with E-state index in [1.807, 2.05) is 51.4 Å². The highest BCUT2D eigenvalue weighted by atomic mass is 16.5. The van der Waals surface area contributed by atoms with E-state index in [-0.39, 0.29) is 18.1 Å². The fourth-order valence-electron chi connectivity index (χ4n) is 4.17. The highest BCUT2D eigenvalue weighted by molar-refractivity contribution is 6.05. The Morgan fingerprint density at radius 2 is 1.97 bits per heavy atom. The zero-order chi connectivity index (χ0) is 22.5. The van der Waals surface area contributed by atoms with Gasteiger partial charge in [-0.2, -0.15) is 0 Å². The second-order valence-corrected chi connectivity index (χ2v) is 7.97. The Kier molecular flexibility index (Phi) is 7.28. The number of aromatic nitrogens is 1. The number of pyridine rings is 1. The maximum Gasteiger partial charge on any atom is 0.315 e. The summed E-state index contributed by atoms with van der Waals surface area (Å²) < 4.78 is 12.7. The van der Waals surface area contributed by atoms with Crippen LogP contribution in [0.15, 0.2) is 46.3 Å². The zero-order valence-corrected chi connectivity index (χ0v) is 18.9. The molecule has 2 aromatic rings. The first kappa shape index (κ1) is 22.7. The predicted molar refractivity (Wildman–Crippen MR) is 122 cm³/mol. The summed E-state index contributed by atoms with van der Waals surface area (Å²) in [5.74, 6) is -0.969. The summed E-state index contributed by atoms with van der Waals surface area (Å²) >= 11 is 0. The number of esters is 1. The molecule has 3 rings (SSSR count). The molecule has 0 aliphatic carbocycles. The Bertz CT molecular complexity index is 1030. The fourth-order valence-corrected chi connectivity index (χ4v) is 4.17. The molecule has 2 heterocycles. The van der Waals surface area contributed by atoms with Crippen molar-refractivity contribution in [2.24, 2.45) is 10.9 Å². The van der Waals surface area contributed by atoms with E-state index in [0.29, 0.717) is 29.3 Å². The molecule has 0 saturated heterocycles. The minimum atomic E-state index is -0.686. The van der Waals surface area contributed by atoms with Gasteiger partial charge in [0.1, 0.15) is 11.7 Å². The molecule has 0 radical (unpaired) electrons. The number of hydrogen-bond donors (Lipinski definition) is 0. The molecule has 1 aromatic heterocycles. The van der Waals surface area contributed by atoms with Gasteiger partial charge < -0.3 is 18.9 Å². The van der Waals surface area contributed by atoms with E-state index in [9.17, 15) is 9.59 Å². The molecule has 2 unspecified atom stereocenters. The van der Waals surface area contributed by atoms with Gasteiger partial charge >= 0.3 is 5.97 Å². The number of fused-ring (bicyclic) bond motifs is 1. The van der Waals surface area contributed by atoms with Crippen LogP contribution in [0.1, 0.15) is 37.3 Å². The van der Waals surface area contributed by atoms with Crippen LogP contribution < -0.4 is 10.3 Å². The number of para-hydroxylation sites is 1. The molecule has 0 fully saturated rings. The summed E-state index contributed by atoms with van der Waals surface area (Å²) in [6.07, 6.45) is 2.63. The Balaban J connectivity index is 2.18. The van der Waals surface area contributed by atoms with Gasteiger partial charge in [-0.1, -0.05) is 18.2 Å². The molecular weight excluding hydrogens is 394 g/mol. The largest absolute Gasteiger partial charge is 0.496 e. The molecule has 0 bridgehead atoms. The summed E-state index contributed by atoms with van der Waals surface area (Å²) in [7, 11) is 5.61. The summed E-state index contributed by atoms with van der Waals surface area (Å²) in [6, 6.07) is 9.37. The van der Waals surface area contributed by atoms with Crippen molar-refractivity contribution in [2.75, 3.05) is 34.4 Å². The number of hydrogen-bond acceptors (Lipinski definition) is 6. The third-order valence-corrected chi connectivity index (χ3v) is 5.59. The van der Waals surface area contributed by atoms with E-state index >= 15 is 0 Å². The highest BCUT2D eigenvalue weighted by Crippen LogP contribution is 2.44. The van der Waals surface area contributed by atoms with Crippen molar-refractivity contribution in [3.8, 4) is 5.75 Å². The number of ether oxygens (including phenoxy) is 2. The van der Waals surface area contributed by atoms with Crippen LogP contribution in [-0.2, 0) is 16.1 Å². The highest BCUT2D eigenvalue weighted by Gasteiger charge is 2.41. The van der Waals surface area contributed by atoms with Gasteiger partial charge in [0.2, 0.25) is 0 Å². The first-order valence-corrected chi connectivity index (χ1v) is 10.6. The van der Waals surface area contributed by atoms with Gasteiger partial charge in [0, 0.05) is 29.9 Å². The molecular formula is C24H31N3O4. The van der Waals surface area contributed by atoms with Crippen molar-refractivity contribution >= 4 is 17.4 Å². The third-order valence-electron chi connectivity index (χ3n) is 5.59.